The Hall–Kier alpha value is -0.750. The minimum Gasteiger partial charge on any atom is -0.279 e. The van der Waals surface area contributed by atoms with E-state index in [1.54, 1.807) is 30.3 Å². The first-order valence-electron chi connectivity index (χ1n) is 4.94. The van der Waals surface area contributed by atoms with Crippen LogP contribution in [0.5, 0.6) is 0 Å². The monoisotopic (exact) mass is 321 g/mol. The van der Waals surface area contributed by atoms with Gasteiger partial charge in [0.2, 0.25) is 0 Å². The van der Waals surface area contributed by atoms with Gasteiger partial charge in [-0.3, -0.25) is 4.72 Å². The van der Waals surface area contributed by atoms with Crippen LogP contribution in [0.4, 0.5) is 5.69 Å². The van der Waals surface area contributed by atoms with E-state index >= 15 is 0 Å². The van der Waals surface area contributed by atoms with Crippen molar-refractivity contribution in [2.45, 2.75) is 10.1 Å². The number of benzene rings is 1. The number of thiophene rings is 1. The Bertz CT molecular complexity index is 635. The van der Waals surface area contributed by atoms with Gasteiger partial charge in [-0.05, 0) is 29.8 Å². The highest BCUT2D eigenvalue weighted by Gasteiger charge is 2.16. The average Bonchev–Trinajstić information content (AvgIpc) is 2.77. The van der Waals surface area contributed by atoms with Gasteiger partial charge in [-0.15, -0.1) is 22.9 Å². The van der Waals surface area contributed by atoms with Crippen molar-refractivity contribution < 1.29 is 8.42 Å². The van der Waals surface area contributed by atoms with Crippen LogP contribution in [0.2, 0.25) is 4.34 Å². The van der Waals surface area contributed by atoms with Gasteiger partial charge < -0.3 is 0 Å². The molecule has 0 atom stereocenters. The fourth-order valence-corrected chi connectivity index (χ4v) is 4.03. The lowest BCUT2D eigenvalue weighted by molar-refractivity contribution is 0.603. The van der Waals surface area contributed by atoms with Crippen LogP contribution in [0.15, 0.2) is 40.6 Å². The molecule has 2 rings (SSSR count). The van der Waals surface area contributed by atoms with Crippen LogP contribution >= 0.6 is 34.5 Å². The molecule has 1 heterocycles. The van der Waals surface area contributed by atoms with Crippen molar-refractivity contribution in [1.82, 2.24) is 0 Å². The number of anilines is 1. The molecule has 96 valence electrons. The molecule has 1 N–H and O–H groups in total. The van der Waals surface area contributed by atoms with Crippen LogP contribution in [-0.2, 0) is 15.9 Å². The SMILES string of the molecule is O=S(=O)(Nc1ccc(CCl)cc1)c1ccc(Cl)s1. The van der Waals surface area contributed by atoms with Crippen LogP contribution in [0, 0.1) is 0 Å². The maximum atomic E-state index is 12.0. The summed E-state index contributed by atoms with van der Waals surface area (Å²) in [6.07, 6.45) is 0. The van der Waals surface area contributed by atoms with E-state index in [9.17, 15) is 8.42 Å². The first kappa shape index (κ1) is 13.7. The summed E-state index contributed by atoms with van der Waals surface area (Å²) >= 11 is 12.4. The molecule has 0 saturated carbocycles. The largest absolute Gasteiger partial charge is 0.279 e. The lowest BCUT2D eigenvalue weighted by Gasteiger charge is -2.06. The molecule has 0 unspecified atom stereocenters. The van der Waals surface area contributed by atoms with Crippen LogP contribution in [0.1, 0.15) is 5.56 Å². The highest BCUT2D eigenvalue weighted by atomic mass is 35.5. The molecule has 0 radical (unpaired) electrons. The Balaban J connectivity index is 2.22. The minimum absolute atomic E-state index is 0.189. The Kier molecular flexibility index (Phi) is 4.17. The highest BCUT2D eigenvalue weighted by Crippen LogP contribution is 2.27. The molecule has 1 aromatic carbocycles. The zero-order valence-electron chi connectivity index (χ0n) is 9.06. The summed E-state index contributed by atoms with van der Waals surface area (Å²) in [7, 11) is -3.56. The minimum atomic E-state index is -3.56. The highest BCUT2D eigenvalue weighted by molar-refractivity contribution is 7.94. The molecule has 1 aromatic heterocycles. The zero-order valence-corrected chi connectivity index (χ0v) is 12.2. The van der Waals surface area contributed by atoms with Gasteiger partial charge in [0.15, 0.2) is 0 Å². The second-order valence-electron chi connectivity index (χ2n) is 3.49. The van der Waals surface area contributed by atoms with E-state index < -0.39 is 10.0 Å². The summed E-state index contributed by atoms with van der Waals surface area (Å²) in [6.45, 7) is 0. The summed E-state index contributed by atoms with van der Waals surface area (Å²) in [4.78, 5) is 0. The molecular weight excluding hydrogens is 313 g/mol. The van der Waals surface area contributed by atoms with Crippen molar-refractivity contribution in [1.29, 1.82) is 0 Å². The molecule has 0 aliphatic rings. The molecule has 0 amide bonds. The number of hydrogen-bond acceptors (Lipinski definition) is 3. The Morgan fingerprint density at radius 2 is 1.78 bits per heavy atom. The van der Waals surface area contributed by atoms with Gasteiger partial charge in [0, 0.05) is 11.6 Å². The third kappa shape index (κ3) is 3.17. The first-order chi connectivity index (χ1) is 8.51. The predicted molar refractivity (Wildman–Crippen MR) is 76.1 cm³/mol. The van der Waals surface area contributed by atoms with Crippen LogP contribution in [0.3, 0.4) is 0 Å². The van der Waals surface area contributed by atoms with Crippen LogP contribution in [0.25, 0.3) is 0 Å². The van der Waals surface area contributed by atoms with E-state index in [1.807, 2.05) is 0 Å². The molecule has 0 fully saturated rings. The first-order valence-corrected chi connectivity index (χ1v) is 8.15. The molecule has 0 saturated heterocycles. The van der Waals surface area contributed by atoms with E-state index in [0.29, 0.717) is 15.9 Å². The molecule has 0 aliphatic heterocycles. The lowest BCUT2D eigenvalue weighted by Crippen LogP contribution is -2.11. The van der Waals surface area contributed by atoms with Gasteiger partial charge in [-0.2, -0.15) is 0 Å². The van der Waals surface area contributed by atoms with E-state index in [-0.39, 0.29) is 4.21 Å². The maximum absolute atomic E-state index is 12.0. The molecule has 3 nitrogen and oxygen atoms in total. The summed E-state index contributed by atoms with van der Waals surface area (Å²) in [5, 5.41) is 0. The second-order valence-corrected chi connectivity index (χ2v) is 7.39. The van der Waals surface area contributed by atoms with Crippen LogP contribution < -0.4 is 4.72 Å². The van der Waals surface area contributed by atoms with Gasteiger partial charge in [0.25, 0.3) is 10.0 Å². The number of rotatable bonds is 4. The van der Waals surface area contributed by atoms with E-state index in [0.717, 1.165) is 16.9 Å². The standard InChI is InChI=1S/C11H9Cl2NO2S2/c12-7-8-1-3-9(4-2-8)14-18(15,16)11-6-5-10(13)17-11/h1-6,14H,7H2. The number of nitrogens with one attached hydrogen (secondary N) is 1. The van der Waals surface area contributed by atoms with Gasteiger partial charge in [-0.1, -0.05) is 23.7 Å². The van der Waals surface area contributed by atoms with Crippen molar-refractivity contribution in [2.75, 3.05) is 4.72 Å². The fraction of sp³-hybridized carbons (Fsp3) is 0.0909. The summed E-state index contributed by atoms with van der Waals surface area (Å²) < 4.78 is 27.1. The fourth-order valence-electron chi connectivity index (χ4n) is 1.31. The van der Waals surface area contributed by atoms with E-state index in [4.69, 9.17) is 23.2 Å². The molecule has 0 spiro atoms. The van der Waals surface area contributed by atoms with Gasteiger partial charge in [-0.25, -0.2) is 8.42 Å². The normalized spacial score (nSPS) is 11.4. The van der Waals surface area contributed by atoms with Crippen LogP contribution in [-0.4, -0.2) is 8.42 Å². The average molecular weight is 322 g/mol. The number of sulfonamides is 1. The number of alkyl halides is 1. The van der Waals surface area contributed by atoms with Crippen molar-refractivity contribution in [3.05, 3.63) is 46.3 Å². The Morgan fingerprint density at radius 1 is 1.11 bits per heavy atom. The molecular formula is C11H9Cl2NO2S2. The zero-order chi connectivity index (χ0) is 13.2. The molecule has 18 heavy (non-hydrogen) atoms. The second kappa shape index (κ2) is 5.48. The molecule has 0 bridgehead atoms. The third-order valence-electron chi connectivity index (χ3n) is 2.17. The van der Waals surface area contributed by atoms with Crippen molar-refractivity contribution >= 4 is 50.2 Å². The summed E-state index contributed by atoms with van der Waals surface area (Å²) in [5.74, 6) is 0.396. The molecule has 2 aromatic rings. The van der Waals surface area contributed by atoms with Gasteiger partial charge in [0.05, 0.1) is 4.34 Å². The summed E-state index contributed by atoms with van der Waals surface area (Å²) in [5.41, 5.74) is 1.42. The molecule has 7 heteroatoms. The van der Waals surface area contributed by atoms with Gasteiger partial charge in [0.1, 0.15) is 4.21 Å². The topological polar surface area (TPSA) is 46.2 Å². The van der Waals surface area contributed by atoms with Gasteiger partial charge >= 0.3 is 0 Å². The lowest BCUT2D eigenvalue weighted by atomic mass is 10.2. The van der Waals surface area contributed by atoms with E-state index in [1.165, 1.54) is 6.07 Å². The Morgan fingerprint density at radius 3 is 2.28 bits per heavy atom. The number of halogens is 2. The predicted octanol–water partition coefficient (Wildman–Crippen LogP) is 3.94. The van der Waals surface area contributed by atoms with Crippen molar-refractivity contribution in [2.24, 2.45) is 0 Å². The number of hydrogen-bond donors (Lipinski definition) is 1. The van der Waals surface area contributed by atoms with Crippen molar-refractivity contribution in [3.8, 4) is 0 Å². The maximum Gasteiger partial charge on any atom is 0.271 e. The Labute approximate surface area is 119 Å². The quantitative estimate of drug-likeness (QED) is 0.867. The van der Waals surface area contributed by atoms with Crippen molar-refractivity contribution in [3.63, 3.8) is 0 Å². The molecule has 0 aliphatic carbocycles. The summed E-state index contributed by atoms with van der Waals surface area (Å²) in [6, 6.07) is 9.91. The smallest absolute Gasteiger partial charge is 0.271 e. The van der Waals surface area contributed by atoms with E-state index in [2.05, 4.69) is 4.72 Å². The third-order valence-corrected chi connectivity index (χ3v) is 5.59.